The number of ketones is 2. The largest absolute Gasteiger partial charge is 0.491 e. The van der Waals surface area contributed by atoms with E-state index in [1.807, 2.05) is 18.2 Å². The topological polar surface area (TPSA) is 101 Å². The highest BCUT2D eigenvalue weighted by atomic mass is 35.5. The van der Waals surface area contributed by atoms with Crippen LogP contribution >= 0.6 is 11.6 Å². The van der Waals surface area contributed by atoms with E-state index in [0.29, 0.717) is 45.2 Å². The van der Waals surface area contributed by atoms with Gasteiger partial charge in [-0.15, -0.1) is 0 Å². The van der Waals surface area contributed by atoms with Crippen LogP contribution in [0.25, 0.3) is 0 Å². The minimum Gasteiger partial charge on any atom is -0.491 e. The van der Waals surface area contributed by atoms with Crippen molar-refractivity contribution in [3.8, 4) is 5.75 Å². The quantitative estimate of drug-likeness (QED) is 0.342. The van der Waals surface area contributed by atoms with E-state index in [4.69, 9.17) is 16.3 Å². The van der Waals surface area contributed by atoms with E-state index in [1.165, 1.54) is 11.0 Å². The number of benzene rings is 2. The fourth-order valence-electron chi connectivity index (χ4n) is 6.59. The SMILES string of the molecule is CC1=CC(=O)C2=C(CC3C(=CCC4C(=O)N(c5ccc(Cl)cc5)C(=O)C43)C2c2ccccc2OCCO)C1=O. The second-order valence-corrected chi connectivity index (χ2v) is 10.8. The molecule has 3 aliphatic carbocycles. The van der Waals surface area contributed by atoms with Gasteiger partial charge < -0.3 is 9.84 Å². The van der Waals surface area contributed by atoms with Crippen molar-refractivity contribution in [1.82, 2.24) is 0 Å². The molecule has 1 N–H and O–H groups in total. The van der Waals surface area contributed by atoms with E-state index in [1.54, 1.807) is 43.3 Å². The van der Waals surface area contributed by atoms with Crippen LogP contribution in [0, 0.1) is 17.8 Å². The molecule has 1 saturated heterocycles. The summed E-state index contributed by atoms with van der Waals surface area (Å²) in [5.41, 5.74) is 3.16. The number of aliphatic hydroxyl groups excluding tert-OH is 1. The van der Waals surface area contributed by atoms with Gasteiger partial charge in [0.05, 0.1) is 24.1 Å². The second kappa shape index (κ2) is 9.74. The maximum Gasteiger partial charge on any atom is 0.238 e. The van der Waals surface area contributed by atoms with Gasteiger partial charge in [-0.3, -0.25) is 24.1 Å². The highest BCUT2D eigenvalue weighted by molar-refractivity contribution is 6.31. The van der Waals surface area contributed by atoms with Crippen molar-refractivity contribution >= 4 is 40.7 Å². The number of aliphatic hydroxyl groups is 1. The first kappa shape index (κ1) is 25.5. The van der Waals surface area contributed by atoms with Gasteiger partial charge in [0.15, 0.2) is 11.6 Å². The molecule has 0 spiro atoms. The van der Waals surface area contributed by atoms with Gasteiger partial charge in [-0.05, 0) is 62.1 Å². The third-order valence-electron chi connectivity index (χ3n) is 8.23. The summed E-state index contributed by atoms with van der Waals surface area (Å²) in [7, 11) is 0. The predicted molar refractivity (Wildman–Crippen MR) is 144 cm³/mol. The number of anilines is 1. The van der Waals surface area contributed by atoms with E-state index >= 15 is 0 Å². The molecule has 8 heteroatoms. The van der Waals surface area contributed by atoms with Crippen LogP contribution in [0.1, 0.15) is 31.2 Å². The number of halogens is 1. The van der Waals surface area contributed by atoms with Crippen molar-refractivity contribution < 1.29 is 29.0 Å². The number of rotatable bonds is 5. The number of nitrogens with zero attached hydrogens (tertiary/aromatic N) is 1. The number of carbonyl (C=O) groups is 4. The summed E-state index contributed by atoms with van der Waals surface area (Å²) in [5, 5.41) is 9.87. The smallest absolute Gasteiger partial charge is 0.238 e. The van der Waals surface area contributed by atoms with Crippen LogP contribution in [0.15, 0.2) is 83.0 Å². The summed E-state index contributed by atoms with van der Waals surface area (Å²) in [6.45, 7) is 1.51. The normalized spacial score (nSPS) is 26.2. The molecule has 1 fully saturated rings. The lowest BCUT2D eigenvalue weighted by Crippen LogP contribution is -2.40. The molecule has 4 atom stereocenters. The first-order valence-electron chi connectivity index (χ1n) is 13.0. The first-order valence-corrected chi connectivity index (χ1v) is 13.4. The molecule has 39 heavy (non-hydrogen) atoms. The molecule has 1 aliphatic heterocycles. The predicted octanol–water partition coefficient (Wildman–Crippen LogP) is 4.35. The second-order valence-electron chi connectivity index (χ2n) is 10.3. The zero-order valence-electron chi connectivity index (χ0n) is 21.2. The summed E-state index contributed by atoms with van der Waals surface area (Å²) in [6.07, 6.45) is 3.91. The summed E-state index contributed by atoms with van der Waals surface area (Å²) in [6, 6.07) is 13.8. The lowest BCUT2D eigenvalue weighted by Gasteiger charge is -2.42. The van der Waals surface area contributed by atoms with E-state index in [2.05, 4.69) is 0 Å². The summed E-state index contributed by atoms with van der Waals surface area (Å²) >= 11 is 6.04. The number of hydrogen-bond donors (Lipinski definition) is 1. The summed E-state index contributed by atoms with van der Waals surface area (Å²) in [5.74, 6) is -2.79. The van der Waals surface area contributed by atoms with Gasteiger partial charge >= 0.3 is 0 Å². The molecular weight excluding hydrogens is 518 g/mol. The van der Waals surface area contributed by atoms with Gasteiger partial charge in [-0.2, -0.15) is 0 Å². The molecule has 4 unspecified atom stereocenters. The molecule has 7 nitrogen and oxygen atoms in total. The Morgan fingerprint density at radius 1 is 1.00 bits per heavy atom. The zero-order chi connectivity index (χ0) is 27.4. The number of Topliss-reactive ketones (excluding diaryl/α,β-unsaturated/α-hetero) is 1. The highest BCUT2D eigenvalue weighted by Gasteiger charge is 2.56. The highest BCUT2D eigenvalue weighted by Crippen LogP contribution is 2.56. The summed E-state index contributed by atoms with van der Waals surface area (Å²) in [4.78, 5) is 55.6. The van der Waals surface area contributed by atoms with Crippen LogP contribution in [-0.4, -0.2) is 41.7 Å². The Labute approximate surface area is 230 Å². The maximum atomic E-state index is 13.9. The molecule has 6 rings (SSSR count). The number of fused-ring (bicyclic) bond motifs is 3. The Hall–Kier alpha value is -3.81. The molecule has 2 aromatic rings. The minimum absolute atomic E-state index is 0.0672. The van der Waals surface area contributed by atoms with Crippen molar-refractivity contribution in [2.45, 2.75) is 25.7 Å². The van der Waals surface area contributed by atoms with E-state index < -0.39 is 23.7 Å². The molecule has 2 amide bonds. The molecule has 0 bridgehead atoms. The third-order valence-corrected chi connectivity index (χ3v) is 8.48. The lowest BCUT2D eigenvalue weighted by molar-refractivity contribution is -0.123. The van der Waals surface area contributed by atoms with Gasteiger partial charge in [0.1, 0.15) is 12.4 Å². The molecular formula is C31H26ClNO6. The maximum absolute atomic E-state index is 13.9. The average Bonchev–Trinajstić information content (AvgIpc) is 3.19. The number of ether oxygens (including phenoxy) is 1. The molecule has 2 aromatic carbocycles. The number of para-hydroxylation sites is 1. The number of allylic oxidation sites excluding steroid dienone is 6. The minimum atomic E-state index is -0.663. The molecule has 0 saturated carbocycles. The Morgan fingerprint density at radius 3 is 2.49 bits per heavy atom. The van der Waals surface area contributed by atoms with Crippen molar-refractivity contribution in [1.29, 1.82) is 0 Å². The number of amides is 2. The van der Waals surface area contributed by atoms with Crippen molar-refractivity contribution in [3.05, 3.63) is 93.6 Å². The van der Waals surface area contributed by atoms with Crippen LogP contribution in [0.5, 0.6) is 5.75 Å². The fourth-order valence-corrected chi connectivity index (χ4v) is 6.71. The van der Waals surface area contributed by atoms with Crippen LogP contribution in [0.2, 0.25) is 5.02 Å². The number of imide groups is 1. The van der Waals surface area contributed by atoms with E-state index in [-0.39, 0.29) is 43.0 Å². The molecule has 0 radical (unpaired) electrons. The van der Waals surface area contributed by atoms with Crippen LogP contribution in [0.3, 0.4) is 0 Å². The Morgan fingerprint density at radius 2 is 1.74 bits per heavy atom. The molecule has 4 aliphatic rings. The van der Waals surface area contributed by atoms with Gasteiger partial charge in [0.2, 0.25) is 11.8 Å². The Bertz CT molecular complexity index is 1520. The molecule has 198 valence electrons. The lowest BCUT2D eigenvalue weighted by atomic mass is 9.59. The van der Waals surface area contributed by atoms with Crippen LogP contribution in [-0.2, 0) is 19.2 Å². The Balaban J connectivity index is 1.48. The van der Waals surface area contributed by atoms with Crippen molar-refractivity contribution in [2.75, 3.05) is 18.1 Å². The summed E-state index contributed by atoms with van der Waals surface area (Å²) < 4.78 is 5.84. The third kappa shape index (κ3) is 3.99. The van der Waals surface area contributed by atoms with Crippen molar-refractivity contribution in [2.24, 2.45) is 17.8 Å². The van der Waals surface area contributed by atoms with E-state index in [0.717, 1.165) is 5.57 Å². The average molecular weight is 544 g/mol. The van der Waals surface area contributed by atoms with E-state index in [9.17, 15) is 24.3 Å². The molecule has 0 aromatic heterocycles. The number of hydrogen-bond acceptors (Lipinski definition) is 6. The first-order chi connectivity index (χ1) is 18.8. The standard InChI is InChI=1S/C31H26ClNO6/c1-16-14-24(35)28-23(29(16)36)15-22-19(26(28)20-4-2-3-5-25(20)39-13-12-34)10-11-21-27(22)31(38)33(30(21)37)18-8-6-17(32)7-9-18/h2-10,14,21-22,26-27,34H,11-13,15H2,1H3. The number of carbonyl (C=O) groups excluding carboxylic acids is 4. The zero-order valence-corrected chi connectivity index (χ0v) is 22.0. The fraction of sp³-hybridized carbons (Fsp3) is 0.290. The monoisotopic (exact) mass is 543 g/mol. The van der Waals surface area contributed by atoms with Gasteiger partial charge in [0, 0.05) is 33.2 Å². The van der Waals surface area contributed by atoms with Crippen LogP contribution < -0.4 is 9.64 Å². The van der Waals surface area contributed by atoms with Gasteiger partial charge in [-0.1, -0.05) is 41.4 Å². The van der Waals surface area contributed by atoms with Crippen molar-refractivity contribution in [3.63, 3.8) is 0 Å². The van der Waals surface area contributed by atoms with Gasteiger partial charge in [-0.25, -0.2) is 0 Å². The van der Waals surface area contributed by atoms with Crippen LogP contribution in [0.4, 0.5) is 5.69 Å². The Kier molecular flexibility index (Phi) is 6.36. The molecule has 1 heterocycles. The van der Waals surface area contributed by atoms with Gasteiger partial charge in [0.25, 0.3) is 0 Å².